The van der Waals surface area contributed by atoms with Gasteiger partial charge in [-0.15, -0.1) is 0 Å². The van der Waals surface area contributed by atoms with Crippen LogP contribution in [0.2, 0.25) is 0 Å². The number of amides is 2. The molecule has 2 saturated carbocycles. The SMILES string of the molecule is O=C(O)NC1CCC(C(CC(F)(F)C(F)(F)C(F)(F)C(F)F)(CC(F)(F)C(F)(F)C(F)(F)C(F)F)C2CCC(NC(=O)O)CC2)CC1. The Balaban J connectivity index is 2.82. The highest BCUT2D eigenvalue weighted by molar-refractivity contribution is 5.65. The molecule has 0 saturated heterocycles. The van der Waals surface area contributed by atoms with Gasteiger partial charge in [-0.25, -0.2) is 27.2 Å². The third-order valence-electron chi connectivity index (χ3n) is 9.14. The molecule has 276 valence electrons. The lowest BCUT2D eigenvalue weighted by molar-refractivity contribution is -0.360. The molecule has 2 amide bonds. The van der Waals surface area contributed by atoms with E-state index in [4.69, 9.17) is 10.2 Å². The zero-order chi connectivity index (χ0) is 36.6. The van der Waals surface area contributed by atoms with Crippen LogP contribution in [0.5, 0.6) is 0 Å². The summed E-state index contributed by atoms with van der Waals surface area (Å²) in [6.07, 6.45) is -25.6. The fraction of sp³-hybridized carbons (Fsp3) is 0.920. The molecule has 2 aliphatic rings. The molecule has 2 rings (SSSR count). The second-order valence-electron chi connectivity index (χ2n) is 12.0. The van der Waals surface area contributed by atoms with Crippen LogP contribution < -0.4 is 10.6 Å². The van der Waals surface area contributed by atoms with Gasteiger partial charge in [-0.2, -0.15) is 52.7 Å². The van der Waals surface area contributed by atoms with Crippen molar-refractivity contribution >= 4 is 12.2 Å². The lowest BCUT2D eigenvalue weighted by Crippen LogP contribution is -2.63. The zero-order valence-corrected chi connectivity index (χ0v) is 23.8. The molecule has 0 aromatic rings. The Bertz CT molecular complexity index is 1010. The lowest BCUT2D eigenvalue weighted by Gasteiger charge is -2.54. The van der Waals surface area contributed by atoms with Crippen molar-refractivity contribution in [1.82, 2.24) is 10.6 Å². The summed E-state index contributed by atoms with van der Waals surface area (Å²) >= 11 is 0. The van der Waals surface area contributed by atoms with Gasteiger partial charge in [0.2, 0.25) is 0 Å². The molecule has 0 bridgehead atoms. The van der Waals surface area contributed by atoms with Crippen molar-refractivity contribution in [3.8, 4) is 0 Å². The third-order valence-corrected chi connectivity index (χ3v) is 9.14. The van der Waals surface area contributed by atoms with Gasteiger partial charge in [-0.1, -0.05) is 0 Å². The molecule has 0 aromatic carbocycles. The highest BCUT2D eigenvalue weighted by Crippen LogP contribution is 2.64. The average molecular weight is 726 g/mol. The number of alkyl halides is 16. The van der Waals surface area contributed by atoms with Gasteiger partial charge in [-0.05, 0) is 68.6 Å². The fourth-order valence-electron chi connectivity index (χ4n) is 6.76. The van der Waals surface area contributed by atoms with Gasteiger partial charge in [0.25, 0.3) is 0 Å². The molecule has 0 spiro atoms. The van der Waals surface area contributed by atoms with Crippen molar-refractivity contribution in [1.29, 1.82) is 0 Å². The second kappa shape index (κ2) is 13.7. The van der Waals surface area contributed by atoms with Crippen LogP contribution in [-0.2, 0) is 0 Å². The van der Waals surface area contributed by atoms with E-state index in [0.29, 0.717) is 0 Å². The minimum absolute atomic E-state index is 0.515. The minimum atomic E-state index is -7.08. The summed E-state index contributed by atoms with van der Waals surface area (Å²) in [4.78, 5) is 22.0. The third kappa shape index (κ3) is 7.85. The number of halogens is 16. The summed E-state index contributed by atoms with van der Waals surface area (Å²) in [7, 11) is 0. The van der Waals surface area contributed by atoms with E-state index in [-0.39, 0.29) is 0 Å². The predicted molar refractivity (Wildman–Crippen MR) is 127 cm³/mol. The van der Waals surface area contributed by atoms with E-state index in [2.05, 4.69) is 0 Å². The maximum atomic E-state index is 15.3. The van der Waals surface area contributed by atoms with E-state index in [9.17, 15) is 62.3 Å². The smallest absolute Gasteiger partial charge is 0.404 e. The van der Waals surface area contributed by atoms with Crippen LogP contribution in [0, 0.1) is 17.3 Å². The standard InChI is InChI=1S/C25H30F16N2O4/c26-15(27)22(34,35)24(38,39)20(30,31)9-19(11-1-5-13(6-2-11)42-17(44)45,12-3-7-14(8-4-12)43-18(46)47)10-21(32,33)25(40,41)23(36,37)16(28)29/h11-16,42-43H,1-10H2,(H,44,45)(H,46,47). The maximum absolute atomic E-state index is 15.3. The number of rotatable bonds is 14. The number of carboxylic acid groups (broad SMARTS) is 2. The van der Waals surface area contributed by atoms with Crippen LogP contribution in [0.3, 0.4) is 0 Å². The van der Waals surface area contributed by atoms with Gasteiger partial charge in [0, 0.05) is 24.9 Å². The van der Waals surface area contributed by atoms with Gasteiger partial charge in [0.15, 0.2) is 0 Å². The van der Waals surface area contributed by atoms with Crippen molar-refractivity contribution in [2.24, 2.45) is 17.3 Å². The topological polar surface area (TPSA) is 98.7 Å². The van der Waals surface area contributed by atoms with Crippen molar-refractivity contribution in [2.45, 2.75) is 125 Å². The Morgan fingerprint density at radius 2 is 0.787 bits per heavy atom. The Morgan fingerprint density at radius 3 is 1.00 bits per heavy atom. The largest absolute Gasteiger partial charge is 0.465 e. The summed E-state index contributed by atoms with van der Waals surface area (Å²) in [6, 6.07) is -2.18. The highest BCUT2D eigenvalue weighted by Gasteiger charge is 2.79. The molecule has 0 heterocycles. The lowest BCUT2D eigenvalue weighted by atomic mass is 9.53. The molecule has 0 unspecified atom stereocenters. The Hall–Kier alpha value is -2.58. The summed E-state index contributed by atoms with van der Waals surface area (Å²) in [6.45, 7) is 0. The molecule has 47 heavy (non-hydrogen) atoms. The first-order valence-electron chi connectivity index (χ1n) is 13.9. The summed E-state index contributed by atoms with van der Waals surface area (Å²) in [5, 5.41) is 21.7. The van der Waals surface area contributed by atoms with Crippen LogP contribution in [0.4, 0.5) is 79.8 Å². The molecular weight excluding hydrogens is 696 g/mol. The molecule has 4 N–H and O–H groups in total. The van der Waals surface area contributed by atoms with Crippen LogP contribution in [-0.4, -0.2) is 82.9 Å². The molecule has 0 aliphatic heterocycles. The van der Waals surface area contributed by atoms with Crippen molar-refractivity contribution in [3.63, 3.8) is 0 Å². The molecule has 2 fully saturated rings. The second-order valence-corrected chi connectivity index (χ2v) is 12.0. The molecule has 0 radical (unpaired) electrons. The van der Waals surface area contributed by atoms with Gasteiger partial charge in [0.05, 0.1) is 0 Å². The van der Waals surface area contributed by atoms with E-state index in [1.807, 2.05) is 10.6 Å². The molecule has 0 aromatic heterocycles. The number of hydrogen-bond donors (Lipinski definition) is 4. The summed E-state index contributed by atoms with van der Waals surface area (Å²) < 4.78 is 227. The van der Waals surface area contributed by atoms with E-state index in [1.54, 1.807) is 0 Å². The van der Waals surface area contributed by atoms with Crippen molar-refractivity contribution < 1.29 is 90.0 Å². The molecular formula is C25H30F16N2O4. The van der Waals surface area contributed by atoms with Gasteiger partial charge in [-0.3, -0.25) is 0 Å². The van der Waals surface area contributed by atoms with E-state index in [1.165, 1.54) is 0 Å². The first-order valence-corrected chi connectivity index (χ1v) is 13.9. The van der Waals surface area contributed by atoms with Gasteiger partial charge >= 0.3 is 60.6 Å². The van der Waals surface area contributed by atoms with Gasteiger partial charge in [0.1, 0.15) is 0 Å². The molecule has 2 aliphatic carbocycles. The molecule has 6 nitrogen and oxygen atoms in total. The Labute approximate surface area is 255 Å². The quantitative estimate of drug-likeness (QED) is 0.135. The van der Waals surface area contributed by atoms with Gasteiger partial charge < -0.3 is 20.8 Å². The summed E-state index contributed by atoms with van der Waals surface area (Å²) in [5.74, 6) is -44.8. The Morgan fingerprint density at radius 1 is 0.532 bits per heavy atom. The van der Waals surface area contributed by atoms with E-state index in [0.717, 1.165) is 0 Å². The first kappa shape index (κ1) is 40.6. The van der Waals surface area contributed by atoms with Crippen molar-refractivity contribution in [2.75, 3.05) is 0 Å². The number of hydrogen-bond acceptors (Lipinski definition) is 2. The minimum Gasteiger partial charge on any atom is -0.465 e. The predicted octanol–water partition coefficient (Wildman–Crippen LogP) is 8.75. The first-order chi connectivity index (χ1) is 21.1. The van der Waals surface area contributed by atoms with Crippen LogP contribution in [0.1, 0.15) is 64.2 Å². The van der Waals surface area contributed by atoms with E-state index >= 15 is 17.6 Å². The fourth-order valence-corrected chi connectivity index (χ4v) is 6.76. The molecule has 22 heteroatoms. The average Bonchev–Trinajstić information content (AvgIpc) is 2.91. The summed E-state index contributed by atoms with van der Waals surface area (Å²) in [5.41, 5.74) is -3.58. The zero-order valence-electron chi connectivity index (χ0n) is 23.8. The number of nitrogens with one attached hydrogen (secondary N) is 2. The van der Waals surface area contributed by atoms with Crippen LogP contribution >= 0.6 is 0 Å². The highest BCUT2D eigenvalue weighted by atomic mass is 19.4. The van der Waals surface area contributed by atoms with Crippen LogP contribution in [0.15, 0.2) is 0 Å². The molecule has 0 atom stereocenters. The normalized spacial score (nSPS) is 24.4. The van der Waals surface area contributed by atoms with Crippen molar-refractivity contribution in [3.05, 3.63) is 0 Å². The van der Waals surface area contributed by atoms with Crippen LogP contribution in [0.25, 0.3) is 0 Å². The van der Waals surface area contributed by atoms with E-state index < -0.39 is 154 Å². The maximum Gasteiger partial charge on any atom is 0.404 e. The Kier molecular flexibility index (Phi) is 11.9. The monoisotopic (exact) mass is 726 g/mol. The number of carbonyl (C=O) groups is 2.